The summed E-state index contributed by atoms with van der Waals surface area (Å²) in [6.45, 7) is 1.05. The number of allylic oxidation sites excluding steroid dienone is 1. The molecule has 1 aromatic rings. The molecule has 0 bridgehead atoms. The summed E-state index contributed by atoms with van der Waals surface area (Å²) < 4.78 is 49.0. The van der Waals surface area contributed by atoms with E-state index in [0.717, 1.165) is 15.9 Å². The van der Waals surface area contributed by atoms with Crippen molar-refractivity contribution in [3.8, 4) is 0 Å². The number of aliphatic imine (C=N–C) groups is 1. The Morgan fingerprint density at radius 3 is 2.67 bits per heavy atom. The Labute approximate surface area is 169 Å². The summed E-state index contributed by atoms with van der Waals surface area (Å²) in [6, 6.07) is 0.703. The lowest BCUT2D eigenvalue weighted by Gasteiger charge is -2.25. The highest BCUT2D eigenvalue weighted by Crippen LogP contribution is 2.35. The van der Waals surface area contributed by atoms with E-state index in [1.807, 2.05) is 0 Å². The van der Waals surface area contributed by atoms with Crippen molar-refractivity contribution in [3.05, 3.63) is 35.8 Å². The third-order valence-corrected chi connectivity index (χ3v) is 4.53. The van der Waals surface area contributed by atoms with Gasteiger partial charge in [0.25, 0.3) is 0 Å². The molecular formula is C19H19F3N4O4. The number of halogens is 3. The predicted octanol–water partition coefficient (Wildman–Crippen LogP) is 2.06. The van der Waals surface area contributed by atoms with Crippen molar-refractivity contribution in [2.45, 2.75) is 25.9 Å². The van der Waals surface area contributed by atoms with Crippen LogP contribution in [0, 0.1) is 17.5 Å². The number of anilines is 2. The molecule has 1 unspecified atom stereocenters. The van der Waals surface area contributed by atoms with E-state index in [2.05, 4.69) is 4.99 Å². The van der Waals surface area contributed by atoms with Crippen LogP contribution in [0.3, 0.4) is 0 Å². The van der Waals surface area contributed by atoms with Crippen LogP contribution in [0.25, 0.3) is 0 Å². The molecule has 2 N–H and O–H groups in total. The number of cyclic esters (lactones) is 1. The summed E-state index contributed by atoms with van der Waals surface area (Å²) >= 11 is 0. The van der Waals surface area contributed by atoms with Gasteiger partial charge in [-0.05, 0) is 13.0 Å². The Balaban J connectivity index is 1.81. The molecule has 1 saturated heterocycles. The van der Waals surface area contributed by atoms with E-state index in [0.29, 0.717) is 6.07 Å². The quantitative estimate of drug-likeness (QED) is 0.426. The number of hydrogen-bond donors (Lipinski definition) is 1. The van der Waals surface area contributed by atoms with E-state index < -0.39 is 41.0 Å². The van der Waals surface area contributed by atoms with Gasteiger partial charge in [-0.3, -0.25) is 19.5 Å². The van der Waals surface area contributed by atoms with Crippen LogP contribution in [0.1, 0.15) is 19.8 Å². The summed E-state index contributed by atoms with van der Waals surface area (Å²) in [5, 5.41) is 0. The molecule has 1 amide bonds. The summed E-state index contributed by atoms with van der Waals surface area (Å²) in [5.41, 5.74) is 4.32. The number of nitrogens with two attached hydrogens (primary N) is 1. The maximum atomic E-state index is 14.7. The fourth-order valence-electron chi connectivity index (χ4n) is 3.12. The van der Waals surface area contributed by atoms with Gasteiger partial charge in [-0.2, -0.15) is 0 Å². The molecule has 8 nitrogen and oxygen atoms in total. The van der Waals surface area contributed by atoms with Crippen LogP contribution < -0.4 is 15.5 Å². The van der Waals surface area contributed by atoms with Gasteiger partial charge in [0.15, 0.2) is 23.2 Å². The van der Waals surface area contributed by atoms with Gasteiger partial charge in [0, 0.05) is 25.2 Å². The molecule has 30 heavy (non-hydrogen) atoms. The topological polar surface area (TPSA) is 105 Å². The van der Waals surface area contributed by atoms with Crippen LogP contribution in [0.2, 0.25) is 0 Å². The van der Waals surface area contributed by atoms with E-state index in [9.17, 15) is 27.6 Å². The zero-order valence-corrected chi connectivity index (χ0v) is 16.0. The molecule has 3 rings (SSSR count). The normalized spacial score (nSPS) is 19.5. The lowest BCUT2D eigenvalue weighted by atomic mass is 10.1. The van der Waals surface area contributed by atoms with Crippen molar-refractivity contribution in [2.24, 2.45) is 10.7 Å². The number of ketones is 2. The van der Waals surface area contributed by atoms with Crippen LogP contribution >= 0.6 is 0 Å². The van der Waals surface area contributed by atoms with Crippen molar-refractivity contribution in [1.82, 2.24) is 0 Å². The number of carbonyl (C=O) groups excluding carboxylic acids is 3. The average molecular weight is 424 g/mol. The Kier molecular flexibility index (Phi) is 6.09. The lowest BCUT2D eigenvalue weighted by molar-refractivity contribution is -0.116. The highest BCUT2D eigenvalue weighted by atomic mass is 19.2. The number of amides is 1. The van der Waals surface area contributed by atoms with Crippen LogP contribution in [0.4, 0.5) is 29.3 Å². The summed E-state index contributed by atoms with van der Waals surface area (Å²) in [4.78, 5) is 40.2. The fourth-order valence-corrected chi connectivity index (χ4v) is 3.12. The SMILES string of the molecule is CC(=O)CC(N)=NCC1CN(c2cc(F)c(N3C=CC(=O)CC3)c(F)c2F)C(=O)O1. The van der Waals surface area contributed by atoms with Gasteiger partial charge in [0.1, 0.15) is 23.4 Å². The molecule has 0 aliphatic carbocycles. The Hall–Kier alpha value is -3.37. The Bertz CT molecular complexity index is 964. The first-order valence-electron chi connectivity index (χ1n) is 9.09. The molecule has 11 heteroatoms. The minimum absolute atomic E-state index is 0.00449. The number of hydrogen-bond acceptors (Lipinski definition) is 6. The first kappa shape index (κ1) is 21.3. The minimum Gasteiger partial charge on any atom is -0.442 e. The van der Waals surface area contributed by atoms with Gasteiger partial charge < -0.3 is 15.4 Å². The fraction of sp³-hybridized carbons (Fsp3) is 0.368. The van der Waals surface area contributed by atoms with Gasteiger partial charge in [-0.15, -0.1) is 0 Å². The summed E-state index contributed by atoms with van der Waals surface area (Å²) in [5.74, 6) is -4.35. The molecule has 2 aliphatic heterocycles. The Morgan fingerprint density at radius 2 is 2.03 bits per heavy atom. The summed E-state index contributed by atoms with van der Waals surface area (Å²) in [6.07, 6.45) is 0.475. The smallest absolute Gasteiger partial charge is 0.414 e. The van der Waals surface area contributed by atoms with Crippen LogP contribution in [-0.4, -0.2) is 49.2 Å². The average Bonchev–Trinajstić information content (AvgIpc) is 3.04. The van der Waals surface area contributed by atoms with Gasteiger partial charge in [0.2, 0.25) is 0 Å². The highest BCUT2D eigenvalue weighted by Gasteiger charge is 2.36. The molecule has 2 heterocycles. The van der Waals surface area contributed by atoms with Crippen molar-refractivity contribution in [1.29, 1.82) is 0 Å². The number of rotatable bonds is 6. The van der Waals surface area contributed by atoms with E-state index >= 15 is 0 Å². The predicted molar refractivity (Wildman–Crippen MR) is 102 cm³/mol. The third kappa shape index (κ3) is 4.44. The second-order valence-corrected chi connectivity index (χ2v) is 6.91. The second kappa shape index (κ2) is 8.56. The van der Waals surface area contributed by atoms with Crippen molar-refractivity contribution in [3.63, 3.8) is 0 Å². The molecule has 0 aromatic heterocycles. The van der Waals surface area contributed by atoms with Crippen molar-refractivity contribution < 1.29 is 32.3 Å². The van der Waals surface area contributed by atoms with Gasteiger partial charge >= 0.3 is 6.09 Å². The second-order valence-electron chi connectivity index (χ2n) is 6.91. The largest absolute Gasteiger partial charge is 0.442 e. The highest BCUT2D eigenvalue weighted by molar-refractivity contribution is 5.99. The van der Waals surface area contributed by atoms with E-state index in [1.165, 1.54) is 13.1 Å². The lowest BCUT2D eigenvalue weighted by Crippen LogP contribution is -2.29. The first-order chi connectivity index (χ1) is 14.2. The minimum atomic E-state index is -1.48. The number of Topliss-reactive ketones (excluding diaryl/α,β-unsaturated/α-hetero) is 1. The van der Waals surface area contributed by atoms with Crippen LogP contribution in [-0.2, 0) is 14.3 Å². The zero-order valence-electron chi connectivity index (χ0n) is 16.0. The molecule has 0 saturated carbocycles. The standard InChI is InChI=1S/C19H19F3N4O4/c1-10(27)6-15(23)24-8-12-9-26(19(29)30-12)14-7-13(20)18(17(22)16(14)21)25-4-2-11(28)3-5-25/h2,4,7,12H,3,5-6,8-9H2,1H3,(H2,23,24). The number of carbonyl (C=O) groups is 3. The molecule has 2 aliphatic rings. The molecule has 0 radical (unpaired) electrons. The molecular weight excluding hydrogens is 405 g/mol. The monoisotopic (exact) mass is 424 g/mol. The number of ether oxygens (including phenoxy) is 1. The van der Waals surface area contributed by atoms with Gasteiger partial charge in [-0.25, -0.2) is 18.0 Å². The van der Waals surface area contributed by atoms with Crippen LogP contribution in [0.15, 0.2) is 23.3 Å². The maximum Gasteiger partial charge on any atom is 0.414 e. The van der Waals surface area contributed by atoms with Gasteiger partial charge in [0.05, 0.1) is 25.2 Å². The van der Waals surface area contributed by atoms with Crippen LogP contribution in [0.5, 0.6) is 0 Å². The Morgan fingerprint density at radius 1 is 1.30 bits per heavy atom. The zero-order chi connectivity index (χ0) is 22.0. The summed E-state index contributed by atoms with van der Waals surface area (Å²) in [7, 11) is 0. The molecule has 1 atom stereocenters. The van der Waals surface area contributed by atoms with E-state index in [-0.39, 0.29) is 49.9 Å². The number of nitrogens with zero attached hydrogens (tertiary/aromatic N) is 3. The molecule has 1 fully saturated rings. The van der Waals surface area contributed by atoms with Crippen molar-refractivity contribution >= 4 is 34.9 Å². The van der Waals surface area contributed by atoms with E-state index in [4.69, 9.17) is 10.5 Å². The molecule has 0 spiro atoms. The molecule has 1 aromatic carbocycles. The third-order valence-electron chi connectivity index (χ3n) is 4.53. The number of benzene rings is 1. The first-order valence-corrected chi connectivity index (χ1v) is 9.09. The van der Waals surface area contributed by atoms with Gasteiger partial charge in [-0.1, -0.05) is 0 Å². The maximum absolute atomic E-state index is 14.7. The van der Waals surface area contributed by atoms with E-state index in [1.54, 1.807) is 0 Å². The molecule has 160 valence electrons. The number of amidine groups is 1. The van der Waals surface area contributed by atoms with Crippen molar-refractivity contribution in [2.75, 3.05) is 29.4 Å².